The Kier molecular flexibility index (Phi) is 6.48. The van der Waals surface area contributed by atoms with Crippen molar-refractivity contribution in [1.82, 2.24) is 15.3 Å². The molecular formula is C24H19N5O3S. The van der Waals surface area contributed by atoms with Gasteiger partial charge in [0.05, 0.1) is 6.04 Å². The molecule has 164 valence electrons. The van der Waals surface area contributed by atoms with E-state index in [-0.39, 0.29) is 6.61 Å². The summed E-state index contributed by atoms with van der Waals surface area (Å²) >= 11 is 1.24. The second kappa shape index (κ2) is 9.80. The number of thiazole rings is 1. The summed E-state index contributed by atoms with van der Waals surface area (Å²) in [6.07, 6.45) is 7.97. The number of nitrogens with one attached hydrogen (secondary N) is 2. The number of benzene rings is 2. The Bertz CT molecular complexity index is 1340. The Labute approximate surface area is 193 Å². The number of anilines is 1. The lowest BCUT2D eigenvalue weighted by Gasteiger charge is -2.19. The molecule has 0 spiro atoms. The number of urea groups is 1. The molecule has 2 aromatic carbocycles. The molecule has 9 heteroatoms. The second-order valence-electron chi connectivity index (χ2n) is 6.99. The zero-order valence-corrected chi connectivity index (χ0v) is 18.1. The molecule has 0 aliphatic rings. The van der Waals surface area contributed by atoms with Crippen LogP contribution in [0.25, 0.3) is 21.9 Å². The number of hydrogen-bond acceptors (Lipinski definition) is 6. The lowest BCUT2D eigenvalue weighted by Crippen LogP contribution is -2.36. The third-order valence-corrected chi connectivity index (χ3v) is 5.65. The van der Waals surface area contributed by atoms with Crippen LogP contribution in [0.15, 0.2) is 66.3 Å². The molecule has 0 saturated heterocycles. The summed E-state index contributed by atoms with van der Waals surface area (Å²) in [5.41, 5.74) is 7.88. The van der Waals surface area contributed by atoms with Crippen molar-refractivity contribution in [2.45, 2.75) is 6.04 Å². The predicted octanol–water partition coefficient (Wildman–Crippen LogP) is 4.30. The summed E-state index contributed by atoms with van der Waals surface area (Å²) in [5, 5.41) is 9.61. The van der Waals surface area contributed by atoms with Crippen molar-refractivity contribution >= 4 is 40.1 Å². The summed E-state index contributed by atoms with van der Waals surface area (Å²) in [5.74, 6) is 2.74. The largest absolute Gasteiger partial charge is 0.447 e. The number of ether oxygens (including phenoxy) is 1. The first-order valence-corrected chi connectivity index (χ1v) is 10.8. The van der Waals surface area contributed by atoms with Gasteiger partial charge < -0.3 is 15.8 Å². The van der Waals surface area contributed by atoms with Crippen molar-refractivity contribution in [3.8, 4) is 23.5 Å². The number of carbonyl (C=O) groups is 2. The average Bonchev–Trinajstić information content (AvgIpc) is 3.29. The van der Waals surface area contributed by atoms with Gasteiger partial charge in [-0.05, 0) is 34.1 Å². The molecular weight excluding hydrogens is 438 g/mol. The number of amides is 3. The molecule has 1 atom stereocenters. The minimum absolute atomic E-state index is 0.132. The Morgan fingerprint density at radius 3 is 2.73 bits per heavy atom. The number of nitrogens with zero attached hydrogens (tertiary/aromatic N) is 2. The highest BCUT2D eigenvalue weighted by Crippen LogP contribution is 2.29. The van der Waals surface area contributed by atoms with Crippen molar-refractivity contribution < 1.29 is 14.3 Å². The minimum Gasteiger partial charge on any atom is -0.447 e. The zero-order valence-electron chi connectivity index (χ0n) is 17.3. The molecule has 0 fully saturated rings. The molecule has 33 heavy (non-hydrogen) atoms. The summed E-state index contributed by atoms with van der Waals surface area (Å²) in [6.45, 7) is -0.132. The third kappa shape index (κ3) is 5.26. The van der Waals surface area contributed by atoms with Gasteiger partial charge >= 0.3 is 12.1 Å². The van der Waals surface area contributed by atoms with E-state index in [9.17, 15) is 9.59 Å². The number of rotatable bonds is 6. The predicted molar refractivity (Wildman–Crippen MR) is 128 cm³/mol. The quantitative estimate of drug-likeness (QED) is 0.373. The van der Waals surface area contributed by atoms with Crippen LogP contribution >= 0.6 is 11.3 Å². The monoisotopic (exact) mass is 457 g/mol. The van der Waals surface area contributed by atoms with E-state index in [1.807, 2.05) is 54.7 Å². The summed E-state index contributed by atoms with van der Waals surface area (Å²) in [7, 11) is 0. The molecule has 0 radical (unpaired) electrons. The Hall–Kier alpha value is -4.42. The second-order valence-corrected chi connectivity index (χ2v) is 7.85. The number of carbonyl (C=O) groups excluding carboxylic acids is 2. The number of terminal acetylenes is 1. The topological polar surface area (TPSA) is 119 Å². The highest BCUT2D eigenvalue weighted by molar-refractivity contribution is 7.10. The molecule has 4 rings (SSSR count). The minimum atomic E-state index is -0.930. The van der Waals surface area contributed by atoms with Gasteiger partial charge in [-0.3, -0.25) is 10.3 Å². The van der Waals surface area contributed by atoms with Gasteiger partial charge in [0, 0.05) is 23.2 Å². The van der Waals surface area contributed by atoms with Crippen molar-refractivity contribution in [2.24, 2.45) is 5.73 Å². The van der Waals surface area contributed by atoms with Crippen molar-refractivity contribution in [3.05, 3.63) is 76.9 Å². The molecule has 2 heterocycles. The van der Waals surface area contributed by atoms with Crippen LogP contribution in [0.2, 0.25) is 0 Å². The van der Waals surface area contributed by atoms with E-state index in [1.54, 1.807) is 11.6 Å². The number of pyridine rings is 1. The van der Waals surface area contributed by atoms with E-state index >= 15 is 0 Å². The standard InChI is InChI=1S/C24H19N5O3S/c1-2-22-28-21(14-33-22)29-24(31)27-20(13-32-23(25)30)17-8-6-16(7-9-17)18-5-3-4-15-10-11-26-12-19(15)18/h1,3-12,14,20H,13H2,(H2,25,30)(H2,27,29,31). The number of aromatic nitrogens is 2. The van der Waals surface area contributed by atoms with Crippen LogP contribution < -0.4 is 16.4 Å². The van der Waals surface area contributed by atoms with Crippen LogP contribution in [0.1, 0.15) is 16.6 Å². The Morgan fingerprint density at radius 2 is 2.00 bits per heavy atom. The van der Waals surface area contributed by atoms with Crippen molar-refractivity contribution in [1.29, 1.82) is 0 Å². The van der Waals surface area contributed by atoms with Gasteiger partial charge in [-0.15, -0.1) is 17.8 Å². The fraction of sp³-hybridized carbons (Fsp3) is 0.0833. The van der Waals surface area contributed by atoms with Gasteiger partial charge in [0.25, 0.3) is 0 Å². The molecule has 1 unspecified atom stereocenters. The van der Waals surface area contributed by atoms with Crippen molar-refractivity contribution in [3.63, 3.8) is 0 Å². The van der Waals surface area contributed by atoms with Crippen LogP contribution in [-0.2, 0) is 4.74 Å². The molecule has 3 amide bonds. The maximum absolute atomic E-state index is 12.5. The average molecular weight is 458 g/mol. The number of fused-ring (bicyclic) bond motifs is 1. The van der Waals surface area contributed by atoms with Crippen LogP contribution in [0.3, 0.4) is 0 Å². The van der Waals surface area contributed by atoms with Crippen LogP contribution in [-0.4, -0.2) is 28.7 Å². The Morgan fingerprint density at radius 1 is 1.18 bits per heavy atom. The maximum atomic E-state index is 12.5. The first-order chi connectivity index (χ1) is 16.0. The third-order valence-electron chi connectivity index (χ3n) is 4.87. The van der Waals surface area contributed by atoms with Gasteiger partial charge in [-0.2, -0.15) is 0 Å². The fourth-order valence-corrected chi connectivity index (χ4v) is 3.91. The lowest BCUT2D eigenvalue weighted by atomic mass is 9.97. The molecule has 0 saturated carbocycles. The zero-order chi connectivity index (χ0) is 23.2. The van der Waals surface area contributed by atoms with E-state index in [0.717, 1.165) is 27.5 Å². The highest BCUT2D eigenvalue weighted by atomic mass is 32.1. The van der Waals surface area contributed by atoms with Gasteiger partial charge in [-0.1, -0.05) is 42.5 Å². The van der Waals surface area contributed by atoms with Crippen LogP contribution in [0, 0.1) is 12.3 Å². The molecule has 0 aliphatic carbocycles. The SMILES string of the molecule is C#Cc1nc(NC(=O)NC(COC(N)=O)c2ccc(-c3cccc4ccncc34)cc2)cs1. The van der Waals surface area contributed by atoms with Crippen LogP contribution in [0.4, 0.5) is 15.4 Å². The first kappa shape index (κ1) is 21.8. The van der Waals surface area contributed by atoms with Gasteiger partial charge in [0.2, 0.25) is 0 Å². The molecule has 0 aliphatic heterocycles. The van der Waals surface area contributed by atoms with E-state index in [4.69, 9.17) is 16.9 Å². The summed E-state index contributed by atoms with van der Waals surface area (Å²) in [6, 6.07) is 14.4. The number of hydrogen-bond donors (Lipinski definition) is 3. The molecule has 0 bridgehead atoms. The van der Waals surface area contributed by atoms with Gasteiger partial charge in [0.1, 0.15) is 12.4 Å². The van der Waals surface area contributed by atoms with Crippen molar-refractivity contribution in [2.75, 3.05) is 11.9 Å². The maximum Gasteiger partial charge on any atom is 0.404 e. The van der Waals surface area contributed by atoms with E-state index in [1.165, 1.54) is 11.3 Å². The lowest BCUT2D eigenvalue weighted by molar-refractivity contribution is 0.144. The Balaban J connectivity index is 1.54. The van der Waals surface area contributed by atoms with Crippen LogP contribution in [0.5, 0.6) is 0 Å². The number of primary amides is 1. The fourth-order valence-electron chi connectivity index (χ4n) is 3.35. The van der Waals surface area contributed by atoms with Gasteiger partial charge in [0.15, 0.2) is 5.01 Å². The smallest absolute Gasteiger partial charge is 0.404 e. The number of nitrogens with two attached hydrogens (primary N) is 1. The molecule has 4 aromatic rings. The highest BCUT2D eigenvalue weighted by Gasteiger charge is 2.18. The van der Waals surface area contributed by atoms with E-state index < -0.39 is 18.2 Å². The summed E-state index contributed by atoms with van der Waals surface area (Å²) < 4.78 is 4.95. The normalized spacial score (nSPS) is 11.4. The van der Waals surface area contributed by atoms with E-state index in [0.29, 0.717) is 10.8 Å². The molecule has 4 N–H and O–H groups in total. The molecule has 2 aromatic heterocycles. The van der Waals surface area contributed by atoms with Gasteiger partial charge in [-0.25, -0.2) is 14.6 Å². The first-order valence-electron chi connectivity index (χ1n) is 9.88. The molecule has 8 nitrogen and oxygen atoms in total. The van der Waals surface area contributed by atoms with E-state index in [2.05, 4.69) is 26.5 Å². The summed E-state index contributed by atoms with van der Waals surface area (Å²) in [4.78, 5) is 32.0.